The molecule has 0 amide bonds. The Morgan fingerprint density at radius 2 is 1.71 bits per heavy atom. The molecule has 0 radical (unpaired) electrons. The van der Waals surface area contributed by atoms with Crippen LogP contribution in [0.5, 0.6) is 0 Å². The predicted molar refractivity (Wildman–Crippen MR) is 80.9 cm³/mol. The van der Waals surface area contributed by atoms with Gasteiger partial charge in [-0.15, -0.1) is 10.2 Å². The van der Waals surface area contributed by atoms with Crippen LogP contribution in [-0.2, 0) is 0 Å². The first-order chi connectivity index (χ1) is 10.2. The number of fused-ring (bicyclic) bond motifs is 1. The Balaban J connectivity index is 2.11. The van der Waals surface area contributed by atoms with E-state index in [2.05, 4.69) is 10.2 Å². The molecule has 1 aromatic heterocycles. The van der Waals surface area contributed by atoms with Crippen LogP contribution in [-0.4, -0.2) is 21.4 Å². The van der Waals surface area contributed by atoms with Crippen molar-refractivity contribution in [1.29, 1.82) is 5.41 Å². The maximum Gasteiger partial charge on any atom is 0.190 e. The molecule has 1 aromatic carbocycles. The lowest BCUT2D eigenvalue weighted by Crippen LogP contribution is -2.20. The van der Waals surface area contributed by atoms with Crippen molar-refractivity contribution in [2.45, 2.75) is 6.92 Å². The average molecular weight is 278 g/mol. The summed E-state index contributed by atoms with van der Waals surface area (Å²) in [5.41, 5.74) is 3.85. The number of pyridine rings is 1. The number of rotatable bonds is 1. The number of benzene rings is 1. The third kappa shape index (κ3) is 2.41. The van der Waals surface area contributed by atoms with Gasteiger partial charge in [-0.25, -0.2) is 0 Å². The normalized spacial score (nSPS) is 16.3. The lowest BCUT2D eigenvalue weighted by Gasteiger charge is -2.12. The Bertz CT molecular complexity index is 843. The first kappa shape index (κ1) is 13.1. The van der Waals surface area contributed by atoms with Crippen LogP contribution in [0, 0.1) is 12.3 Å². The largest absolute Gasteiger partial charge is 0.427 e. The molecule has 2 aromatic rings. The zero-order valence-corrected chi connectivity index (χ0v) is 11.5. The predicted octanol–water partition coefficient (Wildman–Crippen LogP) is 2.28. The molecule has 21 heavy (non-hydrogen) atoms. The van der Waals surface area contributed by atoms with Gasteiger partial charge in [0.15, 0.2) is 5.49 Å². The Hall–Kier alpha value is -2.95. The Morgan fingerprint density at radius 3 is 2.52 bits per heavy atom. The maximum atomic E-state index is 9.87. The SMILES string of the molecule is Cc1cccc(=NN=C2C=CC(=N)c3ccccc32)n1O. The first-order valence-electron chi connectivity index (χ1n) is 6.53. The molecule has 0 atom stereocenters. The molecular formula is C16H14N4O. The number of hydrogen-bond donors (Lipinski definition) is 2. The molecule has 5 heteroatoms. The number of allylic oxidation sites excluding steroid dienone is 2. The van der Waals surface area contributed by atoms with Crippen LogP contribution in [0.15, 0.2) is 64.8 Å². The molecule has 1 heterocycles. The van der Waals surface area contributed by atoms with Crippen molar-refractivity contribution in [3.8, 4) is 0 Å². The van der Waals surface area contributed by atoms with Gasteiger partial charge in [-0.05, 0) is 31.2 Å². The molecule has 3 rings (SSSR count). The first-order valence-corrected chi connectivity index (χ1v) is 6.53. The number of nitrogens with zero attached hydrogens (tertiary/aromatic N) is 3. The van der Waals surface area contributed by atoms with E-state index in [1.165, 1.54) is 0 Å². The smallest absolute Gasteiger partial charge is 0.190 e. The molecule has 1 aliphatic carbocycles. The van der Waals surface area contributed by atoms with Gasteiger partial charge < -0.3 is 10.6 Å². The number of aromatic nitrogens is 1. The molecule has 0 unspecified atom stereocenters. The third-order valence-corrected chi connectivity index (χ3v) is 3.30. The van der Waals surface area contributed by atoms with E-state index >= 15 is 0 Å². The summed E-state index contributed by atoms with van der Waals surface area (Å²) < 4.78 is 0.991. The summed E-state index contributed by atoms with van der Waals surface area (Å²) >= 11 is 0. The fraction of sp³-hybridized carbons (Fsp3) is 0.0625. The Labute approximate surface area is 121 Å². The van der Waals surface area contributed by atoms with E-state index in [1.54, 1.807) is 37.3 Å². The number of aryl methyl sites for hydroxylation is 1. The molecule has 2 N–H and O–H groups in total. The van der Waals surface area contributed by atoms with E-state index in [4.69, 9.17) is 5.41 Å². The van der Waals surface area contributed by atoms with E-state index in [-0.39, 0.29) is 0 Å². The molecule has 0 saturated carbocycles. The van der Waals surface area contributed by atoms with Gasteiger partial charge in [0.05, 0.1) is 17.1 Å². The number of hydrogen-bond acceptors (Lipinski definition) is 4. The quantitative estimate of drug-likeness (QED) is 0.609. The second-order valence-electron chi connectivity index (χ2n) is 4.71. The van der Waals surface area contributed by atoms with Crippen LogP contribution in [0.4, 0.5) is 0 Å². The lowest BCUT2D eigenvalue weighted by molar-refractivity contribution is 0.165. The highest BCUT2D eigenvalue weighted by Gasteiger charge is 2.13. The van der Waals surface area contributed by atoms with Crippen molar-refractivity contribution in [3.05, 3.63) is 76.9 Å². The monoisotopic (exact) mass is 278 g/mol. The fourth-order valence-electron chi connectivity index (χ4n) is 2.15. The van der Waals surface area contributed by atoms with Crippen molar-refractivity contribution < 1.29 is 5.21 Å². The number of nitrogens with one attached hydrogen (secondary N) is 1. The van der Waals surface area contributed by atoms with Crippen molar-refractivity contribution in [3.63, 3.8) is 0 Å². The summed E-state index contributed by atoms with van der Waals surface area (Å²) in [5, 5.41) is 26.1. The summed E-state index contributed by atoms with van der Waals surface area (Å²) in [6, 6.07) is 12.9. The standard InChI is InChI=1S/C16H14N4O/c1-11-5-4-8-16(20(11)21)19-18-15-10-9-14(17)12-6-2-3-7-13(12)15/h2-10,17,21H,1H3. The molecule has 0 saturated heterocycles. The van der Waals surface area contributed by atoms with Crippen molar-refractivity contribution in [2.24, 2.45) is 10.2 Å². The van der Waals surface area contributed by atoms with Gasteiger partial charge in [-0.3, -0.25) is 0 Å². The summed E-state index contributed by atoms with van der Waals surface area (Å²) in [4.78, 5) is 0. The van der Waals surface area contributed by atoms with Crippen molar-refractivity contribution >= 4 is 11.4 Å². The van der Waals surface area contributed by atoms with E-state index in [9.17, 15) is 5.21 Å². The third-order valence-electron chi connectivity index (χ3n) is 3.30. The van der Waals surface area contributed by atoms with Crippen LogP contribution in [0.25, 0.3) is 0 Å². The highest BCUT2D eigenvalue weighted by atomic mass is 16.5. The van der Waals surface area contributed by atoms with Crippen LogP contribution in [0.2, 0.25) is 0 Å². The summed E-state index contributed by atoms with van der Waals surface area (Å²) in [6.45, 7) is 1.78. The second kappa shape index (κ2) is 5.20. The van der Waals surface area contributed by atoms with Crippen LogP contribution in [0.1, 0.15) is 16.8 Å². The van der Waals surface area contributed by atoms with Crippen LogP contribution in [0.3, 0.4) is 0 Å². The molecule has 0 spiro atoms. The van der Waals surface area contributed by atoms with E-state index in [0.717, 1.165) is 15.9 Å². The highest BCUT2D eigenvalue weighted by molar-refractivity contribution is 6.24. The van der Waals surface area contributed by atoms with Gasteiger partial charge in [0, 0.05) is 11.1 Å². The van der Waals surface area contributed by atoms with Gasteiger partial charge in [-0.1, -0.05) is 30.3 Å². The zero-order chi connectivity index (χ0) is 14.8. The summed E-state index contributed by atoms with van der Waals surface area (Å²) in [6.07, 6.45) is 3.45. The Kier molecular flexibility index (Phi) is 3.23. The molecule has 104 valence electrons. The molecule has 0 fully saturated rings. The van der Waals surface area contributed by atoms with Gasteiger partial charge >= 0.3 is 0 Å². The lowest BCUT2D eigenvalue weighted by atomic mass is 9.94. The average Bonchev–Trinajstić information content (AvgIpc) is 2.51. The van der Waals surface area contributed by atoms with Crippen molar-refractivity contribution in [1.82, 2.24) is 4.73 Å². The minimum absolute atomic E-state index is 0.356. The second-order valence-corrected chi connectivity index (χ2v) is 4.71. The van der Waals surface area contributed by atoms with Gasteiger partial charge in [-0.2, -0.15) is 4.73 Å². The van der Waals surface area contributed by atoms with Gasteiger partial charge in [0.1, 0.15) is 0 Å². The van der Waals surface area contributed by atoms with Gasteiger partial charge in [0.2, 0.25) is 0 Å². The Morgan fingerprint density at radius 1 is 0.952 bits per heavy atom. The summed E-state index contributed by atoms with van der Waals surface area (Å²) in [7, 11) is 0. The van der Waals surface area contributed by atoms with Crippen LogP contribution >= 0.6 is 0 Å². The molecule has 0 aliphatic heterocycles. The van der Waals surface area contributed by atoms with E-state index < -0.39 is 0 Å². The maximum absolute atomic E-state index is 9.87. The summed E-state index contributed by atoms with van der Waals surface area (Å²) in [5.74, 6) is 0. The fourth-order valence-corrected chi connectivity index (χ4v) is 2.15. The van der Waals surface area contributed by atoms with Crippen molar-refractivity contribution in [2.75, 3.05) is 0 Å². The molecule has 5 nitrogen and oxygen atoms in total. The highest BCUT2D eigenvalue weighted by Crippen LogP contribution is 2.16. The van der Waals surface area contributed by atoms with Crippen LogP contribution < -0.4 is 5.49 Å². The molecule has 0 bridgehead atoms. The van der Waals surface area contributed by atoms with E-state index in [1.807, 2.05) is 24.3 Å². The topological polar surface area (TPSA) is 73.7 Å². The molecule has 1 aliphatic rings. The van der Waals surface area contributed by atoms with E-state index in [0.29, 0.717) is 22.6 Å². The minimum atomic E-state index is 0.356. The zero-order valence-electron chi connectivity index (χ0n) is 11.5. The molecular weight excluding hydrogens is 264 g/mol. The van der Waals surface area contributed by atoms with Gasteiger partial charge in [0.25, 0.3) is 0 Å². The minimum Gasteiger partial charge on any atom is -0.427 e.